The Hall–Kier alpha value is -4.76. The van der Waals surface area contributed by atoms with Crippen LogP contribution in [0.3, 0.4) is 0 Å². The maximum atomic E-state index is 12.7. The number of carbonyl (C=O) groups is 1. The van der Waals surface area contributed by atoms with Crippen LogP contribution in [-0.2, 0) is 6.54 Å². The molecule has 4 heterocycles. The summed E-state index contributed by atoms with van der Waals surface area (Å²) in [5, 5.41) is 11.2. The molecular weight excluding hydrogens is 506 g/mol. The van der Waals surface area contributed by atoms with Gasteiger partial charge in [0, 0.05) is 56.6 Å². The molecule has 3 aromatic heterocycles. The minimum Gasteiger partial charge on any atom is -0.459 e. The van der Waals surface area contributed by atoms with Crippen LogP contribution in [0.15, 0.2) is 83.6 Å². The number of carbonyl (C=O) groups excluding carboxylic acids is 1. The smallest absolute Gasteiger partial charge is 0.289 e. The highest BCUT2D eigenvalue weighted by molar-refractivity contribution is 5.91. The molecule has 9 nitrogen and oxygen atoms in total. The molecule has 1 aliphatic heterocycles. The normalized spacial score (nSPS) is 14.1. The van der Waals surface area contributed by atoms with Crippen molar-refractivity contribution in [1.29, 1.82) is 0 Å². The van der Waals surface area contributed by atoms with Crippen LogP contribution < -0.4 is 0 Å². The molecule has 0 spiro atoms. The van der Waals surface area contributed by atoms with Crippen molar-refractivity contribution in [3.8, 4) is 22.4 Å². The summed E-state index contributed by atoms with van der Waals surface area (Å²) in [7, 11) is 0. The number of nitro groups is 1. The molecule has 0 radical (unpaired) electrons. The summed E-state index contributed by atoms with van der Waals surface area (Å²) in [5.41, 5.74) is 8.13. The molecule has 0 unspecified atom stereocenters. The molecule has 0 atom stereocenters. The van der Waals surface area contributed by atoms with Crippen LogP contribution in [0, 0.1) is 24.0 Å². The van der Waals surface area contributed by atoms with Crippen LogP contribution >= 0.6 is 0 Å². The lowest BCUT2D eigenvalue weighted by atomic mass is 10.00. The number of non-ortho nitro benzene ring substituents is 1. The first kappa shape index (κ1) is 25.5. The van der Waals surface area contributed by atoms with E-state index < -0.39 is 4.92 Å². The van der Waals surface area contributed by atoms with Crippen LogP contribution in [0.4, 0.5) is 5.69 Å². The molecule has 2 aromatic carbocycles. The summed E-state index contributed by atoms with van der Waals surface area (Å²) >= 11 is 0. The summed E-state index contributed by atoms with van der Waals surface area (Å²) < 4.78 is 7.43. The lowest BCUT2D eigenvalue weighted by Gasteiger charge is -2.34. The molecule has 6 rings (SSSR count). The van der Waals surface area contributed by atoms with Gasteiger partial charge in [0.15, 0.2) is 5.76 Å². The Morgan fingerprint density at radius 3 is 2.42 bits per heavy atom. The maximum absolute atomic E-state index is 12.7. The predicted octanol–water partition coefficient (Wildman–Crippen LogP) is 5.74. The van der Waals surface area contributed by atoms with Crippen molar-refractivity contribution < 1.29 is 14.1 Å². The SMILES string of the molecule is Cc1ccc(C)c(-c2ccc3nc(-c4ccc([N+](=O)[O-])cc4)c(CN4CCN(C(=O)c5ccco5)CC4)n3c2)c1. The zero-order valence-electron chi connectivity index (χ0n) is 22.4. The van der Waals surface area contributed by atoms with Crippen molar-refractivity contribution in [1.82, 2.24) is 19.2 Å². The maximum Gasteiger partial charge on any atom is 0.289 e. The molecule has 0 bridgehead atoms. The Kier molecular flexibility index (Phi) is 6.65. The number of fused-ring (bicyclic) bond motifs is 1. The number of aromatic nitrogens is 2. The summed E-state index contributed by atoms with van der Waals surface area (Å²) in [4.78, 5) is 32.7. The first-order valence-electron chi connectivity index (χ1n) is 13.3. The number of imidazole rings is 1. The van der Waals surface area contributed by atoms with Gasteiger partial charge < -0.3 is 13.7 Å². The second-order valence-electron chi connectivity index (χ2n) is 10.2. The van der Waals surface area contributed by atoms with Crippen molar-refractivity contribution in [2.45, 2.75) is 20.4 Å². The number of nitro benzene ring substituents is 1. The molecule has 0 aliphatic carbocycles. The number of aryl methyl sites for hydroxylation is 2. The van der Waals surface area contributed by atoms with E-state index in [4.69, 9.17) is 9.40 Å². The third-order valence-electron chi connectivity index (χ3n) is 7.54. The number of rotatable bonds is 6. The van der Waals surface area contributed by atoms with Gasteiger partial charge in [-0.3, -0.25) is 19.8 Å². The summed E-state index contributed by atoms with van der Waals surface area (Å²) in [5.74, 6) is 0.263. The minimum atomic E-state index is -0.395. The van der Waals surface area contributed by atoms with Gasteiger partial charge in [-0.05, 0) is 66.9 Å². The Morgan fingerprint density at radius 2 is 1.73 bits per heavy atom. The highest BCUT2D eigenvalue weighted by Gasteiger charge is 2.26. The fourth-order valence-corrected chi connectivity index (χ4v) is 5.30. The number of furan rings is 1. The van der Waals surface area contributed by atoms with Crippen LogP contribution in [-0.4, -0.2) is 56.2 Å². The number of amides is 1. The second kappa shape index (κ2) is 10.4. The van der Waals surface area contributed by atoms with Crippen molar-refractivity contribution >= 4 is 17.2 Å². The zero-order chi connectivity index (χ0) is 27.8. The van der Waals surface area contributed by atoms with Crippen molar-refractivity contribution in [2.24, 2.45) is 0 Å². The first-order chi connectivity index (χ1) is 19.4. The van der Waals surface area contributed by atoms with E-state index in [9.17, 15) is 14.9 Å². The molecule has 9 heteroatoms. The summed E-state index contributed by atoms with van der Waals surface area (Å²) in [6.45, 7) is 7.42. The number of piperazine rings is 1. The van der Waals surface area contributed by atoms with Gasteiger partial charge in [0.05, 0.1) is 22.6 Å². The number of pyridine rings is 1. The van der Waals surface area contributed by atoms with E-state index in [1.165, 1.54) is 35.1 Å². The monoisotopic (exact) mass is 535 g/mol. The van der Waals surface area contributed by atoms with Gasteiger partial charge in [0.25, 0.3) is 11.6 Å². The van der Waals surface area contributed by atoms with E-state index in [1.807, 2.05) is 11.0 Å². The van der Waals surface area contributed by atoms with Gasteiger partial charge in [-0.1, -0.05) is 23.8 Å². The lowest BCUT2D eigenvalue weighted by Crippen LogP contribution is -2.48. The molecule has 202 valence electrons. The molecule has 1 fully saturated rings. The molecule has 1 aliphatic rings. The van der Waals surface area contributed by atoms with E-state index in [0.717, 1.165) is 28.2 Å². The van der Waals surface area contributed by atoms with Crippen molar-refractivity contribution in [3.05, 3.63) is 112 Å². The van der Waals surface area contributed by atoms with Gasteiger partial charge in [-0.2, -0.15) is 0 Å². The van der Waals surface area contributed by atoms with E-state index >= 15 is 0 Å². The van der Waals surface area contributed by atoms with Gasteiger partial charge in [0.2, 0.25) is 0 Å². The van der Waals surface area contributed by atoms with E-state index in [2.05, 4.69) is 53.6 Å². The van der Waals surface area contributed by atoms with E-state index in [1.54, 1.807) is 24.3 Å². The zero-order valence-corrected chi connectivity index (χ0v) is 22.4. The predicted molar refractivity (Wildman–Crippen MR) is 152 cm³/mol. The Morgan fingerprint density at radius 1 is 0.975 bits per heavy atom. The van der Waals surface area contributed by atoms with E-state index in [-0.39, 0.29) is 11.6 Å². The fourth-order valence-electron chi connectivity index (χ4n) is 5.30. The van der Waals surface area contributed by atoms with Crippen LogP contribution in [0.1, 0.15) is 27.4 Å². The van der Waals surface area contributed by atoms with Crippen LogP contribution in [0.5, 0.6) is 0 Å². The topological polar surface area (TPSA) is 97.1 Å². The minimum absolute atomic E-state index is 0.0450. The van der Waals surface area contributed by atoms with Crippen molar-refractivity contribution in [3.63, 3.8) is 0 Å². The Labute approximate surface area is 231 Å². The standard InChI is InChI=1S/C31H29N5O4/c1-21-5-6-22(2)26(18-21)24-9-12-29-32-30(23-7-10-25(11-8-23)36(38)39)27(35(29)19-24)20-33-13-15-34(16-14-33)31(37)28-4-3-17-40-28/h3-12,17-19H,13-16,20H2,1-2H3. The molecule has 0 saturated carbocycles. The molecule has 5 aromatic rings. The summed E-state index contributed by atoms with van der Waals surface area (Å²) in [6.07, 6.45) is 3.64. The fraction of sp³-hybridized carbons (Fsp3) is 0.226. The quantitative estimate of drug-likeness (QED) is 0.203. The molecule has 1 saturated heterocycles. The molecule has 1 amide bonds. The van der Waals surface area contributed by atoms with Crippen LogP contribution in [0.2, 0.25) is 0 Å². The number of hydrogen-bond donors (Lipinski definition) is 0. The summed E-state index contributed by atoms with van der Waals surface area (Å²) in [6, 6.07) is 20.5. The number of benzene rings is 2. The van der Waals surface area contributed by atoms with Crippen LogP contribution in [0.25, 0.3) is 28.0 Å². The third kappa shape index (κ3) is 4.87. The van der Waals surface area contributed by atoms with Gasteiger partial charge in [-0.25, -0.2) is 4.98 Å². The Bertz CT molecular complexity index is 1700. The van der Waals surface area contributed by atoms with Gasteiger partial charge in [-0.15, -0.1) is 0 Å². The van der Waals surface area contributed by atoms with E-state index in [0.29, 0.717) is 38.5 Å². The largest absolute Gasteiger partial charge is 0.459 e. The second-order valence-corrected chi connectivity index (χ2v) is 10.2. The lowest BCUT2D eigenvalue weighted by molar-refractivity contribution is -0.384. The Balaban J connectivity index is 1.35. The highest BCUT2D eigenvalue weighted by Crippen LogP contribution is 2.31. The van der Waals surface area contributed by atoms with Gasteiger partial charge in [0.1, 0.15) is 5.65 Å². The highest BCUT2D eigenvalue weighted by atomic mass is 16.6. The first-order valence-corrected chi connectivity index (χ1v) is 13.3. The van der Waals surface area contributed by atoms with Crippen molar-refractivity contribution in [2.75, 3.05) is 26.2 Å². The average molecular weight is 536 g/mol. The molecular formula is C31H29N5O4. The molecule has 0 N–H and O–H groups in total. The third-order valence-corrected chi connectivity index (χ3v) is 7.54. The molecule has 40 heavy (non-hydrogen) atoms. The van der Waals surface area contributed by atoms with Gasteiger partial charge >= 0.3 is 0 Å². The number of nitrogens with zero attached hydrogens (tertiary/aromatic N) is 5. The average Bonchev–Trinajstić information content (AvgIpc) is 3.63. The number of hydrogen-bond acceptors (Lipinski definition) is 6.